The van der Waals surface area contributed by atoms with Crippen LogP contribution in [0.2, 0.25) is 0 Å². The van der Waals surface area contributed by atoms with Gasteiger partial charge in [0.2, 0.25) is 0 Å². The molecule has 1 heterocycles. The van der Waals surface area contributed by atoms with E-state index in [4.69, 9.17) is 10.5 Å². The van der Waals surface area contributed by atoms with E-state index in [2.05, 4.69) is 18.2 Å². The van der Waals surface area contributed by atoms with E-state index in [1.165, 1.54) is 23.3 Å². The van der Waals surface area contributed by atoms with E-state index in [-0.39, 0.29) is 0 Å². The smallest absolute Gasteiger partial charge is 0.0669 e. The third-order valence-corrected chi connectivity index (χ3v) is 3.89. The van der Waals surface area contributed by atoms with Crippen LogP contribution in [0.3, 0.4) is 0 Å². The fourth-order valence-electron chi connectivity index (χ4n) is 1.77. The Morgan fingerprint density at radius 1 is 1.40 bits per heavy atom. The summed E-state index contributed by atoms with van der Waals surface area (Å²) in [4.78, 5) is 1.30. The van der Waals surface area contributed by atoms with E-state index >= 15 is 0 Å². The average molecular weight is 223 g/mol. The molecular weight excluding hydrogens is 206 g/mol. The predicted molar refractivity (Wildman–Crippen MR) is 64.0 cm³/mol. The Kier molecular flexibility index (Phi) is 4.06. The molecule has 1 aliphatic rings. The van der Waals surface area contributed by atoms with E-state index < -0.39 is 0 Å². The van der Waals surface area contributed by atoms with Crippen LogP contribution in [-0.2, 0) is 11.3 Å². The maximum Gasteiger partial charge on any atom is 0.0669 e. The van der Waals surface area contributed by atoms with Gasteiger partial charge in [-0.15, -0.1) is 11.8 Å². The molecule has 82 valence electrons. The number of benzene rings is 1. The Bertz CT molecular complexity index is 310. The molecule has 2 rings (SSSR count). The molecule has 15 heavy (non-hydrogen) atoms. The second-order valence-electron chi connectivity index (χ2n) is 3.76. The molecule has 3 heteroatoms. The molecule has 2 N–H and O–H groups in total. The maximum absolute atomic E-state index is 5.69. The van der Waals surface area contributed by atoms with Gasteiger partial charge in [-0.3, -0.25) is 0 Å². The summed E-state index contributed by atoms with van der Waals surface area (Å²) >= 11 is 1.86. The van der Waals surface area contributed by atoms with E-state index in [0.717, 1.165) is 12.4 Å². The molecule has 1 aromatic rings. The first-order chi connectivity index (χ1) is 7.40. The highest BCUT2D eigenvalue weighted by Gasteiger charge is 2.15. The second kappa shape index (κ2) is 5.54. The van der Waals surface area contributed by atoms with Gasteiger partial charge in [0.25, 0.3) is 0 Å². The van der Waals surface area contributed by atoms with Gasteiger partial charge < -0.3 is 10.5 Å². The SMILES string of the molecule is NCc1ccccc1SCC1CCCO1. The van der Waals surface area contributed by atoms with Crippen molar-refractivity contribution in [2.24, 2.45) is 5.73 Å². The summed E-state index contributed by atoms with van der Waals surface area (Å²) in [5, 5.41) is 0. The van der Waals surface area contributed by atoms with Crippen LogP contribution < -0.4 is 5.73 Å². The summed E-state index contributed by atoms with van der Waals surface area (Å²) in [5.74, 6) is 1.05. The zero-order chi connectivity index (χ0) is 10.5. The highest BCUT2D eigenvalue weighted by molar-refractivity contribution is 7.99. The van der Waals surface area contributed by atoms with E-state index in [1.807, 2.05) is 17.8 Å². The third kappa shape index (κ3) is 2.97. The molecule has 1 saturated heterocycles. The van der Waals surface area contributed by atoms with Crippen molar-refractivity contribution < 1.29 is 4.74 Å². The Morgan fingerprint density at radius 3 is 3.00 bits per heavy atom. The minimum absolute atomic E-state index is 0.445. The van der Waals surface area contributed by atoms with Crippen molar-refractivity contribution in [3.63, 3.8) is 0 Å². The number of rotatable bonds is 4. The molecule has 0 amide bonds. The molecule has 0 spiro atoms. The third-order valence-electron chi connectivity index (χ3n) is 2.64. The molecule has 1 aliphatic heterocycles. The molecule has 0 aromatic heterocycles. The Balaban J connectivity index is 1.91. The molecule has 0 saturated carbocycles. The van der Waals surface area contributed by atoms with Crippen LogP contribution in [0.15, 0.2) is 29.2 Å². The minimum Gasteiger partial charge on any atom is -0.377 e. The van der Waals surface area contributed by atoms with E-state index in [1.54, 1.807) is 0 Å². The van der Waals surface area contributed by atoms with Gasteiger partial charge in [0.05, 0.1) is 6.10 Å². The fraction of sp³-hybridized carbons (Fsp3) is 0.500. The van der Waals surface area contributed by atoms with Crippen LogP contribution in [-0.4, -0.2) is 18.5 Å². The van der Waals surface area contributed by atoms with Gasteiger partial charge >= 0.3 is 0 Å². The van der Waals surface area contributed by atoms with Crippen LogP contribution in [0.1, 0.15) is 18.4 Å². The average Bonchev–Trinajstić information content (AvgIpc) is 2.79. The zero-order valence-corrected chi connectivity index (χ0v) is 9.63. The van der Waals surface area contributed by atoms with Crippen molar-refractivity contribution in [2.45, 2.75) is 30.4 Å². The zero-order valence-electron chi connectivity index (χ0n) is 8.82. The molecule has 1 atom stereocenters. The first-order valence-corrected chi connectivity index (χ1v) is 6.41. The molecule has 0 radical (unpaired) electrons. The lowest BCUT2D eigenvalue weighted by molar-refractivity contribution is 0.129. The van der Waals surface area contributed by atoms with Crippen LogP contribution in [0.4, 0.5) is 0 Å². The van der Waals surface area contributed by atoms with Gasteiger partial charge in [-0.1, -0.05) is 18.2 Å². The molecule has 0 bridgehead atoms. The number of thioether (sulfide) groups is 1. The van der Waals surface area contributed by atoms with Gasteiger partial charge in [-0.2, -0.15) is 0 Å². The van der Waals surface area contributed by atoms with E-state index in [0.29, 0.717) is 12.6 Å². The van der Waals surface area contributed by atoms with Gasteiger partial charge in [-0.25, -0.2) is 0 Å². The maximum atomic E-state index is 5.69. The van der Waals surface area contributed by atoms with Gasteiger partial charge in [0.1, 0.15) is 0 Å². The Morgan fingerprint density at radius 2 is 2.27 bits per heavy atom. The molecule has 1 unspecified atom stereocenters. The normalized spacial score (nSPS) is 20.7. The fourth-order valence-corrected chi connectivity index (χ4v) is 2.91. The summed E-state index contributed by atoms with van der Waals surface area (Å²) < 4.78 is 5.60. The van der Waals surface area contributed by atoms with Gasteiger partial charge in [-0.05, 0) is 24.5 Å². The van der Waals surface area contributed by atoms with Crippen molar-refractivity contribution in [2.75, 3.05) is 12.4 Å². The van der Waals surface area contributed by atoms with Crippen LogP contribution >= 0.6 is 11.8 Å². The van der Waals surface area contributed by atoms with E-state index in [9.17, 15) is 0 Å². The van der Waals surface area contributed by atoms with Crippen molar-refractivity contribution in [3.8, 4) is 0 Å². The summed E-state index contributed by atoms with van der Waals surface area (Å²) in [6.07, 6.45) is 2.86. The number of nitrogens with two attached hydrogens (primary N) is 1. The van der Waals surface area contributed by atoms with Crippen molar-refractivity contribution >= 4 is 11.8 Å². The second-order valence-corrected chi connectivity index (χ2v) is 4.82. The van der Waals surface area contributed by atoms with Gasteiger partial charge in [0.15, 0.2) is 0 Å². The lowest BCUT2D eigenvalue weighted by atomic mass is 10.2. The highest BCUT2D eigenvalue weighted by atomic mass is 32.2. The molecule has 2 nitrogen and oxygen atoms in total. The Labute approximate surface area is 95.2 Å². The Hall–Kier alpha value is -0.510. The highest BCUT2D eigenvalue weighted by Crippen LogP contribution is 2.26. The van der Waals surface area contributed by atoms with Crippen LogP contribution in [0.5, 0.6) is 0 Å². The molecular formula is C12H17NOS. The van der Waals surface area contributed by atoms with Crippen molar-refractivity contribution in [3.05, 3.63) is 29.8 Å². The number of ether oxygens (including phenoxy) is 1. The number of hydrogen-bond donors (Lipinski definition) is 1. The van der Waals surface area contributed by atoms with Gasteiger partial charge in [0, 0.05) is 23.8 Å². The monoisotopic (exact) mass is 223 g/mol. The lowest BCUT2D eigenvalue weighted by Gasteiger charge is -2.10. The molecule has 1 aromatic carbocycles. The standard InChI is InChI=1S/C12H17NOS/c13-8-10-4-1-2-6-12(10)15-9-11-5-3-7-14-11/h1-2,4,6,11H,3,5,7-9,13H2. The number of hydrogen-bond acceptors (Lipinski definition) is 3. The minimum atomic E-state index is 0.445. The predicted octanol–water partition coefficient (Wildman–Crippen LogP) is 2.42. The topological polar surface area (TPSA) is 35.2 Å². The summed E-state index contributed by atoms with van der Waals surface area (Å²) in [6.45, 7) is 1.55. The largest absolute Gasteiger partial charge is 0.377 e. The quantitative estimate of drug-likeness (QED) is 0.796. The van der Waals surface area contributed by atoms with Crippen molar-refractivity contribution in [1.82, 2.24) is 0 Å². The summed E-state index contributed by atoms with van der Waals surface area (Å²) in [5.41, 5.74) is 6.93. The summed E-state index contributed by atoms with van der Waals surface area (Å²) in [7, 11) is 0. The van der Waals surface area contributed by atoms with Crippen molar-refractivity contribution in [1.29, 1.82) is 0 Å². The molecule has 1 fully saturated rings. The first-order valence-electron chi connectivity index (χ1n) is 5.42. The summed E-state index contributed by atoms with van der Waals surface area (Å²) in [6, 6.07) is 8.34. The first kappa shape index (κ1) is 11.0. The lowest BCUT2D eigenvalue weighted by Crippen LogP contribution is -2.08. The van der Waals surface area contributed by atoms with Crippen LogP contribution in [0.25, 0.3) is 0 Å². The molecule has 0 aliphatic carbocycles. The van der Waals surface area contributed by atoms with Crippen LogP contribution in [0, 0.1) is 0 Å².